The molecular weight excluding hydrogens is 1610 g/mol. The van der Waals surface area contributed by atoms with Gasteiger partial charge in [0.05, 0.1) is 17.5 Å². The maximum atomic E-state index is 9.55. The first-order chi connectivity index (χ1) is 58.5. The van der Waals surface area contributed by atoms with Gasteiger partial charge in [-0.1, -0.05) is 60.7 Å². The molecule has 2 saturated heterocycles. The van der Waals surface area contributed by atoms with Gasteiger partial charge in [-0.25, -0.2) is 77.5 Å². The second kappa shape index (κ2) is 51.5. The van der Waals surface area contributed by atoms with Crippen LogP contribution in [-0.2, 0) is 62.3 Å². The van der Waals surface area contributed by atoms with Crippen molar-refractivity contribution >= 4 is 105 Å². The molecule has 39 heteroatoms. The fourth-order valence-electron chi connectivity index (χ4n) is 13.1. The van der Waals surface area contributed by atoms with E-state index in [2.05, 4.69) is 89.5 Å². The lowest BCUT2D eigenvalue weighted by molar-refractivity contribution is -0.134. The Morgan fingerprint density at radius 2 is 0.642 bits per heavy atom. The molecule has 0 radical (unpaired) electrons. The number of ether oxygens (including phenoxy) is 3. The predicted octanol–water partition coefficient (Wildman–Crippen LogP) is 9.04. The molecule has 0 unspecified atom stereocenters. The number of methoxy groups -OCH3 is 1. The molecule has 0 spiro atoms. The highest BCUT2D eigenvalue weighted by Crippen LogP contribution is 2.42. The van der Waals surface area contributed by atoms with Crippen molar-refractivity contribution in [1.29, 1.82) is 0 Å². The zero-order valence-electron chi connectivity index (χ0n) is 66.9. The number of nitrogens with zero attached hydrogens (tertiary/aromatic N) is 10. The van der Waals surface area contributed by atoms with Gasteiger partial charge < -0.3 is 101 Å². The largest absolute Gasteiger partial charge is 0.478 e. The summed E-state index contributed by atoms with van der Waals surface area (Å²) in [6, 6.07) is 38.9. The first-order valence-electron chi connectivity index (χ1n) is 37.6. The first kappa shape index (κ1) is 98.8. The predicted molar refractivity (Wildman–Crippen MR) is 446 cm³/mol. The van der Waals surface area contributed by atoms with Crippen LogP contribution in [0.4, 0.5) is 11.6 Å². The molecule has 2 aliphatic heterocycles. The van der Waals surface area contributed by atoms with Crippen LogP contribution in [0, 0.1) is 0 Å². The summed E-state index contributed by atoms with van der Waals surface area (Å²) >= 11 is 0. The molecule has 0 bridgehead atoms. The van der Waals surface area contributed by atoms with Crippen molar-refractivity contribution in [2.45, 2.75) is 88.0 Å². The van der Waals surface area contributed by atoms with Crippen LogP contribution in [0.1, 0.15) is 69.9 Å². The molecule has 4 fully saturated rings. The molecule has 8 aromatic rings. The number of likely N-dealkylation sites (N-methyl/N-ethyl adjacent to an activating group) is 1. The maximum absolute atomic E-state index is 9.55. The monoisotopic (exact) mass is 1700 g/mol. The summed E-state index contributed by atoms with van der Waals surface area (Å²) in [6.07, 6.45) is 25.1. The third-order valence-electron chi connectivity index (χ3n) is 18.6. The van der Waals surface area contributed by atoms with Crippen LogP contribution >= 0.6 is 0 Å². The van der Waals surface area contributed by atoms with E-state index in [0.29, 0.717) is 115 Å². The molecule has 0 amide bonds. The van der Waals surface area contributed by atoms with E-state index in [1.807, 2.05) is 84.9 Å². The van der Waals surface area contributed by atoms with E-state index in [1.54, 1.807) is 19.8 Å². The summed E-state index contributed by atoms with van der Waals surface area (Å²) < 4.78 is 22.0. The number of carbonyl (C=O) groups is 12. The summed E-state index contributed by atoms with van der Waals surface area (Å²) in [4.78, 5) is 143. The minimum atomic E-state index is -1.26. The van der Waals surface area contributed by atoms with Gasteiger partial charge in [0, 0.05) is 173 Å². The minimum Gasteiger partial charge on any atom is -0.478 e. The zero-order chi connectivity index (χ0) is 90.7. The second-order valence-electron chi connectivity index (χ2n) is 27.2. The summed E-state index contributed by atoms with van der Waals surface area (Å²) in [5.74, 6) is -10.8. The molecule has 39 nitrogen and oxygen atoms in total. The van der Waals surface area contributed by atoms with Crippen LogP contribution in [0.2, 0.25) is 0 Å². The Balaban J connectivity index is 0.000000288. The molecule has 16 N–H and O–H groups in total. The summed E-state index contributed by atoms with van der Waals surface area (Å²) in [7, 11) is 6.19. The number of nitrogens with two attached hydrogens (primary N) is 2. The maximum Gasteiger partial charge on any atom is 0.328 e. The standard InChI is InChI=1S/C30H36N6O2.C30H36N6O.6C4H4O4/c1-37-21-34-15-17-35(18-16-34)23-9-11-24(12-10-23)36-19-27(28-29(31)32-20-33-30(28)36)22-7-13-26(14-8-22)38-25-5-3-2-4-6-25;1-34(2)24-16-17-35(18-24)22-10-12-23(13-11-22)36-19-27(28-29(31)32-20-33-30(28)36)21-8-14-26(15-9-21)37-25-6-4-3-5-7-25;6*5-3(6)1-2-4(7)8/h2-8,13-14,19-20,23-24H,9-12,15-18,21H2,1H3,(H2,31,32,33);3-9,14-15,19-20,22-24H,10-13,16-18H2,1-2H3,(H2,31,32,33);6*1-2H,(H,5,6)(H,7,8)/b;;6*2-1-/t;22?,23?,24-;;;;;;/m.1....../s1. The number of benzene rings is 4. The summed E-state index contributed by atoms with van der Waals surface area (Å²) in [6.45, 7) is 7.59. The molecule has 4 aromatic carbocycles. The topological polar surface area (TPSA) is 602 Å². The number of rotatable bonds is 25. The van der Waals surface area contributed by atoms with Crippen molar-refractivity contribution in [2.24, 2.45) is 0 Å². The number of fused-ring (bicyclic) bond motifs is 2. The van der Waals surface area contributed by atoms with Gasteiger partial charge in [-0.2, -0.15) is 0 Å². The number of aromatic nitrogens is 6. The van der Waals surface area contributed by atoms with E-state index in [1.165, 1.54) is 45.2 Å². The van der Waals surface area contributed by atoms with E-state index >= 15 is 0 Å². The van der Waals surface area contributed by atoms with Crippen LogP contribution < -0.4 is 20.9 Å². The average Bonchev–Trinajstić information content (AvgIpc) is 1.62. The van der Waals surface area contributed by atoms with Crippen molar-refractivity contribution in [3.63, 3.8) is 0 Å². The Morgan fingerprint density at radius 3 is 0.911 bits per heavy atom. The number of carboxylic acids is 12. The number of aliphatic carboxylic acids is 12. The van der Waals surface area contributed by atoms with Crippen molar-refractivity contribution in [2.75, 3.05) is 78.7 Å². The van der Waals surface area contributed by atoms with Crippen molar-refractivity contribution in [3.8, 4) is 45.3 Å². The number of piperazine rings is 1. The molecule has 12 rings (SSSR count). The van der Waals surface area contributed by atoms with Crippen LogP contribution in [0.15, 0.2) is 207 Å². The van der Waals surface area contributed by atoms with Gasteiger partial charge >= 0.3 is 71.6 Å². The third-order valence-corrected chi connectivity index (χ3v) is 18.6. The third kappa shape index (κ3) is 36.1. The molecule has 123 heavy (non-hydrogen) atoms. The summed E-state index contributed by atoms with van der Waals surface area (Å²) in [5, 5.41) is 95.6. The van der Waals surface area contributed by atoms with E-state index in [-0.39, 0.29) is 0 Å². The van der Waals surface area contributed by atoms with Gasteiger partial charge in [-0.15, -0.1) is 0 Å². The number of anilines is 2. The lowest BCUT2D eigenvalue weighted by Gasteiger charge is -2.42. The van der Waals surface area contributed by atoms with E-state index < -0.39 is 71.6 Å². The van der Waals surface area contributed by atoms with Gasteiger partial charge in [0.2, 0.25) is 0 Å². The molecule has 4 aromatic heterocycles. The van der Waals surface area contributed by atoms with E-state index in [4.69, 9.17) is 96.9 Å². The lowest BCUT2D eigenvalue weighted by atomic mass is 9.89. The average molecular weight is 1710 g/mol. The Bertz CT molecular complexity index is 4690. The lowest BCUT2D eigenvalue weighted by Crippen LogP contribution is -2.51. The van der Waals surface area contributed by atoms with Crippen LogP contribution in [0.5, 0.6) is 23.0 Å². The smallest absolute Gasteiger partial charge is 0.328 e. The number of para-hydroxylation sites is 2. The van der Waals surface area contributed by atoms with Gasteiger partial charge in [0.15, 0.2) is 0 Å². The highest BCUT2D eigenvalue weighted by molar-refractivity contribution is 6.02. The normalized spacial score (nSPS) is 17.0. The molecule has 2 saturated carbocycles. The van der Waals surface area contributed by atoms with Gasteiger partial charge in [-0.3, -0.25) is 14.7 Å². The Kier molecular flexibility index (Phi) is 41.4. The fraction of sp³-hybridized carbons (Fsp3) is 0.286. The second-order valence-corrected chi connectivity index (χ2v) is 27.2. The highest BCUT2D eigenvalue weighted by Gasteiger charge is 2.34. The number of nitrogen functional groups attached to an aromatic ring is 2. The van der Waals surface area contributed by atoms with Crippen LogP contribution in [0.3, 0.4) is 0 Å². The van der Waals surface area contributed by atoms with Gasteiger partial charge in [-0.05, 0) is 132 Å². The molecule has 4 aliphatic rings. The van der Waals surface area contributed by atoms with Crippen LogP contribution in [-0.4, -0.2) is 267 Å². The van der Waals surface area contributed by atoms with Crippen molar-refractivity contribution in [3.05, 3.63) is 207 Å². The zero-order valence-corrected chi connectivity index (χ0v) is 66.9. The quantitative estimate of drug-likeness (QED) is 0.0237. The molecule has 2 aliphatic carbocycles. The Hall–Kier alpha value is -14.8. The van der Waals surface area contributed by atoms with Gasteiger partial charge in [0.1, 0.15) is 58.6 Å². The van der Waals surface area contributed by atoms with E-state index in [9.17, 15) is 57.5 Å². The number of hydrogen-bond donors (Lipinski definition) is 14. The summed E-state index contributed by atoms with van der Waals surface area (Å²) in [5.41, 5.74) is 19.0. The number of carboxylic acid groups (broad SMARTS) is 12. The Morgan fingerprint density at radius 1 is 0.366 bits per heavy atom. The molecule has 6 heterocycles. The SMILES string of the molecule is CN(C)[C@@H]1CCN(C2CCC(n3cc(-c4ccc(Oc5ccccc5)cc4)c4c(N)ncnc43)CC2)C1.COCN1CCN(C2CCC(n3cc(-c4ccc(Oc5ccccc5)cc4)c4c(N)ncnc43)CC2)CC1.O=C(O)/C=C\C(=O)O.O=C(O)/C=C\C(=O)O.O=C(O)/C=C\C(=O)O.O=C(O)/C=C\C(=O)O.O=C(O)/C=C\C(=O)O.O=C(O)/C=C\C(=O)O. The number of likely N-dealkylation sites (tertiary alicyclic amines) is 1. The fourth-order valence-corrected chi connectivity index (χ4v) is 13.1. The highest BCUT2D eigenvalue weighted by atomic mass is 16.5. The Labute approximate surface area is 703 Å². The molecule has 1 atom stereocenters. The van der Waals surface area contributed by atoms with Crippen LogP contribution in [0.25, 0.3) is 44.3 Å². The molecular formula is C84H96N12O27. The van der Waals surface area contributed by atoms with Gasteiger partial charge in [0.25, 0.3) is 0 Å². The molecule has 654 valence electrons. The first-order valence-corrected chi connectivity index (χ1v) is 37.6. The minimum absolute atomic E-state index is 0.410. The van der Waals surface area contributed by atoms with Crippen molar-refractivity contribution in [1.82, 2.24) is 48.7 Å². The number of hydrogen-bond acceptors (Lipinski definition) is 25. The van der Waals surface area contributed by atoms with E-state index in [0.717, 1.165) is 126 Å². The van der Waals surface area contributed by atoms with Crippen molar-refractivity contribution < 1.29 is 133 Å².